The highest BCUT2D eigenvalue weighted by atomic mass is 79.9. The normalized spacial score (nSPS) is 28.8. The van der Waals surface area contributed by atoms with Gasteiger partial charge in [0.2, 0.25) is 0 Å². The van der Waals surface area contributed by atoms with E-state index in [0.717, 1.165) is 30.9 Å². The minimum absolute atomic E-state index is 0.418. The van der Waals surface area contributed by atoms with Crippen molar-refractivity contribution in [3.63, 3.8) is 0 Å². The number of halogens is 1. The van der Waals surface area contributed by atoms with E-state index < -0.39 is 0 Å². The SMILES string of the molecule is CC(CBr)CN1CCOC(C)C1. The molecule has 2 unspecified atom stereocenters. The molecule has 0 radical (unpaired) electrons. The van der Waals surface area contributed by atoms with Crippen LogP contribution in [0.2, 0.25) is 0 Å². The van der Waals surface area contributed by atoms with Crippen molar-refractivity contribution in [2.45, 2.75) is 20.0 Å². The predicted octanol–water partition coefficient (Wildman–Crippen LogP) is 1.74. The van der Waals surface area contributed by atoms with E-state index in [4.69, 9.17) is 4.74 Å². The Morgan fingerprint density at radius 3 is 3.00 bits per heavy atom. The smallest absolute Gasteiger partial charge is 0.0674 e. The van der Waals surface area contributed by atoms with Crippen LogP contribution in [0.5, 0.6) is 0 Å². The predicted molar refractivity (Wildman–Crippen MR) is 54.8 cm³/mol. The van der Waals surface area contributed by atoms with E-state index in [1.165, 1.54) is 6.54 Å². The van der Waals surface area contributed by atoms with Gasteiger partial charge in [-0.05, 0) is 12.8 Å². The minimum Gasteiger partial charge on any atom is -0.376 e. The molecule has 0 aromatic rings. The summed E-state index contributed by atoms with van der Waals surface area (Å²) in [7, 11) is 0. The summed E-state index contributed by atoms with van der Waals surface area (Å²) < 4.78 is 5.47. The van der Waals surface area contributed by atoms with Crippen LogP contribution in [-0.2, 0) is 4.74 Å². The summed E-state index contributed by atoms with van der Waals surface area (Å²) >= 11 is 3.50. The van der Waals surface area contributed by atoms with Crippen molar-refractivity contribution in [2.24, 2.45) is 5.92 Å². The number of ether oxygens (including phenoxy) is 1. The summed E-state index contributed by atoms with van der Waals surface area (Å²) in [4.78, 5) is 2.49. The van der Waals surface area contributed by atoms with Crippen molar-refractivity contribution >= 4 is 15.9 Å². The fourth-order valence-corrected chi connectivity index (χ4v) is 1.75. The molecule has 0 spiro atoms. The molecule has 0 aliphatic carbocycles. The Bertz CT molecular complexity index is 132. The summed E-state index contributed by atoms with van der Waals surface area (Å²) in [6.07, 6.45) is 0.418. The van der Waals surface area contributed by atoms with Gasteiger partial charge >= 0.3 is 0 Å². The molecule has 1 aliphatic rings. The molecule has 1 heterocycles. The lowest BCUT2D eigenvalue weighted by Gasteiger charge is -2.32. The van der Waals surface area contributed by atoms with Crippen LogP contribution in [0.4, 0.5) is 0 Å². The second-order valence-corrected chi connectivity index (χ2v) is 4.35. The van der Waals surface area contributed by atoms with E-state index in [1.54, 1.807) is 0 Å². The third kappa shape index (κ3) is 3.42. The Hall–Kier alpha value is 0.400. The number of rotatable bonds is 3. The molecule has 0 N–H and O–H groups in total. The van der Waals surface area contributed by atoms with Crippen LogP contribution in [0.1, 0.15) is 13.8 Å². The lowest BCUT2D eigenvalue weighted by molar-refractivity contribution is -0.0214. The van der Waals surface area contributed by atoms with Crippen molar-refractivity contribution in [1.29, 1.82) is 0 Å². The Labute approximate surface area is 83.4 Å². The lowest BCUT2D eigenvalue weighted by Crippen LogP contribution is -2.43. The summed E-state index contributed by atoms with van der Waals surface area (Å²) in [5.41, 5.74) is 0. The monoisotopic (exact) mass is 235 g/mol. The number of nitrogens with zero attached hydrogens (tertiary/aromatic N) is 1. The molecule has 2 atom stereocenters. The first-order chi connectivity index (χ1) is 5.72. The summed E-state index contributed by atoms with van der Waals surface area (Å²) in [5.74, 6) is 0.746. The third-order valence-electron chi connectivity index (χ3n) is 2.16. The standard InChI is InChI=1S/C9H18BrNO/c1-8(5-10)6-11-3-4-12-9(2)7-11/h8-9H,3-7H2,1-2H3. The summed E-state index contributed by atoms with van der Waals surface area (Å²) in [6.45, 7) is 8.70. The van der Waals surface area contributed by atoms with Gasteiger partial charge in [-0.25, -0.2) is 0 Å². The Morgan fingerprint density at radius 2 is 2.42 bits per heavy atom. The van der Waals surface area contributed by atoms with Crippen molar-refractivity contribution in [1.82, 2.24) is 4.90 Å². The molecule has 1 aliphatic heterocycles. The van der Waals surface area contributed by atoms with Crippen LogP contribution in [0.3, 0.4) is 0 Å². The second kappa shape index (κ2) is 5.20. The van der Waals surface area contributed by atoms with Crippen LogP contribution >= 0.6 is 15.9 Å². The summed E-state index contributed by atoms with van der Waals surface area (Å²) in [6, 6.07) is 0. The molecular formula is C9H18BrNO. The summed E-state index contributed by atoms with van der Waals surface area (Å²) in [5, 5.41) is 1.10. The number of hydrogen-bond donors (Lipinski definition) is 0. The van der Waals surface area contributed by atoms with Crippen molar-refractivity contribution in [3.8, 4) is 0 Å². The van der Waals surface area contributed by atoms with Gasteiger partial charge in [0.25, 0.3) is 0 Å². The largest absolute Gasteiger partial charge is 0.376 e. The molecule has 1 rings (SSSR count). The third-order valence-corrected chi connectivity index (χ3v) is 3.26. The van der Waals surface area contributed by atoms with Crippen molar-refractivity contribution in [2.75, 3.05) is 31.6 Å². The average Bonchev–Trinajstić information content (AvgIpc) is 2.04. The van der Waals surface area contributed by atoms with Gasteiger partial charge in [0.1, 0.15) is 0 Å². The zero-order valence-corrected chi connectivity index (χ0v) is 9.51. The molecule has 0 amide bonds. The number of morpholine rings is 1. The molecule has 1 saturated heterocycles. The van der Waals surface area contributed by atoms with Gasteiger partial charge in [-0.1, -0.05) is 22.9 Å². The van der Waals surface area contributed by atoms with Crippen molar-refractivity contribution in [3.05, 3.63) is 0 Å². The van der Waals surface area contributed by atoms with Gasteiger partial charge in [-0.3, -0.25) is 4.90 Å². The van der Waals surface area contributed by atoms with Gasteiger partial charge in [0, 0.05) is 25.0 Å². The first-order valence-corrected chi connectivity index (χ1v) is 5.74. The van der Waals surface area contributed by atoms with Crippen LogP contribution in [0.15, 0.2) is 0 Å². The Kier molecular flexibility index (Phi) is 4.54. The van der Waals surface area contributed by atoms with E-state index in [-0.39, 0.29) is 0 Å². The molecule has 3 heteroatoms. The molecule has 12 heavy (non-hydrogen) atoms. The maximum absolute atomic E-state index is 5.47. The van der Waals surface area contributed by atoms with E-state index in [2.05, 4.69) is 34.7 Å². The fraction of sp³-hybridized carbons (Fsp3) is 1.00. The first kappa shape index (κ1) is 10.5. The second-order valence-electron chi connectivity index (χ2n) is 3.70. The molecule has 0 bridgehead atoms. The van der Waals surface area contributed by atoms with Crippen LogP contribution in [0.25, 0.3) is 0 Å². The molecule has 72 valence electrons. The fourth-order valence-electron chi connectivity index (χ4n) is 1.55. The van der Waals surface area contributed by atoms with Crippen LogP contribution in [0, 0.1) is 5.92 Å². The molecule has 1 fully saturated rings. The van der Waals surface area contributed by atoms with Crippen LogP contribution < -0.4 is 0 Å². The van der Waals surface area contributed by atoms with Gasteiger partial charge < -0.3 is 4.74 Å². The quantitative estimate of drug-likeness (QED) is 0.692. The number of alkyl halides is 1. The van der Waals surface area contributed by atoms with Crippen LogP contribution in [-0.4, -0.2) is 42.6 Å². The highest BCUT2D eigenvalue weighted by Crippen LogP contribution is 2.08. The average molecular weight is 236 g/mol. The maximum Gasteiger partial charge on any atom is 0.0674 e. The maximum atomic E-state index is 5.47. The van der Waals surface area contributed by atoms with E-state index in [0.29, 0.717) is 6.10 Å². The molecule has 0 saturated carbocycles. The molecule has 0 aromatic carbocycles. The molecule has 2 nitrogen and oxygen atoms in total. The van der Waals surface area contributed by atoms with Gasteiger partial charge in [0.15, 0.2) is 0 Å². The molecular weight excluding hydrogens is 218 g/mol. The first-order valence-electron chi connectivity index (χ1n) is 4.62. The van der Waals surface area contributed by atoms with E-state index in [9.17, 15) is 0 Å². The Morgan fingerprint density at radius 1 is 1.67 bits per heavy atom. The van der Waals surface area contributed by atoms with Crippen molar-refractivity contribution < 1.29 is 4.74 Å². The highest BCUT2D eigenvalue weighted by Gasteiger charge is 2.17. The zero-order valence-electron chi connectivity index (χ0n) is 7.92. The lowest BCUT2D eigenvalue weighted by atomic mass is 10.2. The van der Waals surface area contributed by atoms with Gasteiger partial charge in [-0.15, -0.1) is 0 Å². The zero-order chi connectivity index (χ0) is 8.97. The van der Waals surface area contributed by atoms with E-state index >= 15 is 0 Å². The topological polar surface area (TPSA) is 12.5 Å². The van der Waals surface area contributed by atoms with Gasteiger partial charge in [0.05, 0.1) is 12.7 Å². The molecule has 0 aromatic heterocycles. The van der Waals surface area contributed by atoms with E-state index in [1.807, 2.05) is 0 Å². The Balaban J connectivity index is 2.22. The highest BCUT2D eigenvalue weighted by molar-refractivity contribution is 9.09. The number of hydrogen-bond acceptors (Lipinski definition) is 2. The minimum atomic E-state index is 0.418. The van der Waals surface area contributed by atoms with Gasteiger partial charge in [-0.2, -0.15) is 0 Å².